The summed E-state index contributed by atoms with van der Waals surface area (Å²) in [6.07, 6.45) is 52.8. The summed E-state index contributed by atoms with van der Waals surface area (Å²) in [7, 11) is -9.91. The molecule has 0 aromatic carbocycles. The van der Waals surface area contributed by atoms with Crippen molar-refractivity contribution in [3.05, 3.63) is 0 Å². The molecule has 19 heteroatoms. The Bertz CT molecular complexity index is 1850. The Morgan fingerprint density at radius 2 is 0.484 bits per heavy atom. The van der Waals surface area contributed by atoms with Crippen molar-refractivity contribution in [1.82, 2.24) is 0 Å². The molecule has 0 aromatic rings. The van der Waals surface area contributed by atoms with Gasteiger partial charge in [-0.1, -0.05) is 337 Å². The Labute approximate surface area is 581 Å². The van der Waals surface area contributed by atoms with Crippen molar-refractivity contribution >= 4 is 39.5 Å². The summed E-state index contributed by atoms with van der Waals surface area (Å²) < 4.78 is 68.4. The monoisotopic (exact) mass is 1400 g/mol. The summed E-state index contributed by atoms with van der Waals surface area (Å²) in [4.78, 5) is 72.7. The molecule has 0 aromatic heterocycles. The van der Waals surface area contributed by atoms with Crippen molar-refractivity contribution in [3.8, 4) is 0 Å². The number of hydrogen-bond acceptors (Lipinski definition) is 15. The summed E-state index contributed by atoms with van der Waals surface area (Å²) in [6, 6.07) is 0. The van der Waals surface area contributed by atoms with Gasteiger partial charge in [-0.2, -0.15) is 0 Å². The van der Waals surface area contributed by atoms with Crippen LogP contribution < -0.4 is 0 Å². The third-order valence-electron chi connectivity index (χ3n) is 17.6. The van der Waals surface area contributed by atoms with Crippen LogP contribution in [0.4, 0.5) is 0 Å². The quantitative estimate of drug-likeness (QED) is 0.0222. The highest BCUT2D eigenvalue weighted by Gasteiger charge is 2.30. The summed E-state index contributed by atoms with van der Waals surface area (Å²) in [5, 5.41) is 10.6. The zero-order valence-electron chi connectivity index (χ0n) is 62.1. The minimum atomic E-state index is -4.96. The van der Waals surface area contributed by atoms with E-state index in [1.54, 1.807) is 0 Å². The molecule has 0 rings (SSSR count). The standard InChI is InChI=1S/C76H148O17P2/c1-8-9-10-11-12-36-43-50-57-73(78)86-63-71(93-76(81)60-53-46-39-32-26-29-35-42-49-56-69(6)7)65-90-94(82,83)88-61-70(77)62-89-95(84,85)91-66-72(64-87-74(79)58-51-44-37-30-24-21-17-19-23-28-34-41-48-55-68(4)5)92-75(80)59-52-45-38-31-25-20-16-14-13-15-18-22-27-33-40-47-54-67(2)3/h67-72,77H,8-66H2,1-7H3,(H,82,83)(H,84,85)/t70-,71+,72+/m0/s1. The Kier molecular flexibility index (Phi) is 65.2. The van der Waals surface area contributed by atoms with Gasteiger partial charge in [0.2, 0.25) is 0 Å². The molecule has 95 heavy (non-hydrogen) atoms. The molecular formula is C76H148O17P2. The van der Waals surface area contributed by atoms with Crippen LogP contribution in [-0.2, 0) is 65.4 Å². The molecule has 2 unspecified atom stereocenters. The van der Waals surface area contributed by atoms with Crippen LogP contribution in [0.2, 0.25) is 0 Å². The lowest BCUT2D eigenvalue weighted by molar-refractivity contribution is -0.161. The van der Waals surface area contributed by atoms with Crippen molar-refractivity contribution in [1.29, 1.82) is 0 Å². The van der Waals surface area contributed by atoms with Gasteiger partial charge >= 0.3 is 39.5 Å². The number of aliphatic hydroxyl groups is 1. The van der Waals surface area contributed by atoms with Crippen molar-refractivity contribution in [2.45, 2.75) is 407 Å². The molecule has 564 valence electrons. The van der Waals surface area contributed by atoms with E-state index in [4.69, 9.17) is 37.0 Å². The first kappa shape index (κ1) is 93.1. The second-order valence-corrected chi connectivity index (χ2v) is 31.7. The van der Waals surface area contributed by atoms with Crippen LogP contribution in [0.5, 0.6) is 0 Å². The Morgan fingerprint density at radius 3 is 0.716 bits per heavy atom. The first-order valence-corrected chi connectivity index (χ1v) is 42.3. The van der Waals surface area contributed by atoms with Crippen LogP contribution in [0.3, 0.4) is 0 Å². The number of carbonyl (C=O) groups is 4. The lowest BCUT2D eigenvalue weighted by Crippen LogP contribution is -2.30. The molecule has 0 radical (unpaired) electrons. The number of unbranched alkanes of at least 4 members (excludes halogenated alkanes) is 42. The van der Waals surface area contributed by atoms with E-state index in [0.29, 0.717) is 25.7 Å². The number of aliphatic hydroxyl groups excluding tert-OH is 1. The van der Waals surface area contributed by atoms with E-state index < -0.39 is 97.5 Å². The molecule has 0 saturated carbocycles. The van der Waals surface area contributed by atoms with E-state index in [-0.39, 0.29) is 25.7 Å². The number of carbonyl (C=O) groups excluding carboxylic acids is 4. The van der Waals surface area contributed by atoms with Gasteiger partial charge in [0.1, 0.15) is 19.3 Å². The van der Waals surface area contributed by atoms with Crippen molar-refractivity contribution in [2.24, 2.45) is 17.8 Å². The van der Waals surface area contributed by atoms with Gasteiger partial charge in [-0.05, 0) is 43.4 Å². The minimum Gasteiger partial charge on any atom is -0.462 e. The molecule has 0 spiro atoms. The molecule has 0 aliphatic heterocycles. The molecule has 0 aliphatic carbocycles. The zero-order valence-corrected chi connectivity index (χ0v) is 63.9. The van der Waals surface area contributed by atoms with Crippen molar-refractivity contribution in [3.63, 3.8) is 0 Å². The van der Waals surface area contributed by atoms with Gasteiger partial charge in [0, 0.05) is 25.7 Å². The van der Waals surface area contributed by atoms with Crippen molar-refractivity contribution < 1.29 is 80.2 Å². The number of ether oxygens (including phenoxy) is 4. The summed E-state index contributed by atoms with van der Waals surface area (Å²) in [5.41, 5.74) is 0. The predicted octanol–water partition coefficient (Wildman–Crippen LogP) is 22.2. The maximum atomic E-state index is 13.1. The van der Waals surface area contributed by atoms with Crippen LogP contribution in [0.25, 0.3) is 0 Å². The van der Waals surface area contributed by atoms with E-state index in [1.807, 2.05) is 0 Å². The van der Waals surface area contributed by atoms with E-state index in [1.165, 1.54) is 193 Å². The zero-order chi connectivity index (χ0) is 70.1. The first-order valence-electron chi connectivity index (χ1n) is 39.3. The first-order chi connectivity index (χ1) is 45.7. The number of phosphoric ester groups is 2. The molecule has 0 bridgehead atoms. The van der Waals surface area contributed by atoms with Gasteiger partial charge in [0.15, 0.2) is 12.2 Å². The predicted molar refractivity (Wildman–Crippen MR) is 386 cm³/mol. The number of hydrogen-bond donors (Lipinski definition) is 3. The van der Waals surface area contributed by atoms with Gasteiger partial charge in [-0.15, -0.1) is 0 Å². The van der Waals surface area contributed by atoms with E-state index in [2.05, 4.69) is 48.5 Å². The second kappa shape index (κ2) is 66.6. The van der Waals surface area contributed by atoms with Gasteiger partial charge in [0.05, 0.1) is 26.4 Å². The summed E-state index contributed by atoms with van der Waals surface area (Å²) >= 11 is 0. The number of rotatable bonds is 74. The van der Waals surface area contributed by atoms with Crippen LogP contribution in [0.15, 0.2) is 0 Å². The molecule has 5 atom stereocenters. The fraction of sp³-hybridized carbons (Fsp3) is 0.947. The van der Waals surface area contributed by atoms with Crippen LogP contribution >= 0.6 is 15.6 Å². The molecule has 0 saturated heterocycles. The average molecular weight is 1400 g/mol. The van der Waals surface area contributed by atoms with E-state index in [9.17, 15) is 43.2 Å². The van der Waals surface area contributed by atoms with E-state index >= 15 is 0 Å². The molecule has 0 heterocycles. The summed E-state index contributed by atoms with van der Waals surface area (Å²) in [6.45, 7) is 11.9. The normalized spacial score (nSPS) is 14.1. The second-order valence-electron chi connectivity index (χ2n) is 28.8. The number of esters is 4. The molecule has 0 fully saturated rings. The smallest absolute Gasteiger partial charge is 0.462 e. The molecule has 17 nitrogen and oxygen atoms in total. The highest BCUT2D eigenvalue weighted by Crippen LogP contribution is 2.45. The van der Waals surface area contributed by atoms with Gasteiger partial charge in [-0.25, -0.2) is 9.13 Å². The van der Waals surface area contributed by atoms with Crippen LogP contribution in [0, 0.1) is 17.8 Å². The third-order valence-corrected chi connectivity index (χ3v) is 19.5. The fourth-order valence-corrected chi connectivity index (χ4v) is 13.2. The number of phosphoric acid groups is 2. The highest BCUT2D eigenvalue weighted by molar-refractivity contribution is 7.47. The lowest BCUT2D eigenvalue weighted by Gasteiger charge is -2.21. The molecule has 0 aliphatic rings. The fourth-order valence-electron chi connectivity index (χ4n) is 11.6. The Balaban J connectivity index is 5.21. The van der Waals surface area contributed by atoms with Gasteiger partial charge in [0.25, 0.3) is 0 Å². The van der Waals surface area contributed by atoms with E-state index in [0.717, 1.165) is 114 Å². The molecule has 0 amide bonds. The van der Waals surface area contributed by atoms with Gasteiger partial charge < -0.3 is 33.8 Å². The average Bonchev–Trinajstić information content (AvgIpc) is 3.52. The largest absolute Gasteiger partial charge is 0.472 e. The van der Waals surface area contributed by atoms with Crippen molar-refractivity contribution in [2.75, 3.05) is 39.6 Å². The molecule has 3 N–H and O–H groups in total. The Hall–Kier alpha value is -1.94. The summed E-state index contributed by atoms with van der Waals surface area (Å²) in [5.74, 6) is 0.217. The maximum Gasteiger partial charge on any atom is 0.472 e. The van der Waals surface area contributed by atoms with Crippen LogP contribution in [-0.4, -0.2) is 96.7 Å². The third kappa shape index (κ3) is 70.3. The highest BCUT2D eigenvalue weighted by atomic mass is 31.2. The lowest BCUT2D eigenvalue weighted by atomic mass is 10.0. The minimum absolute atomic E-state index is 0.105. The van der Waals surface area contributed by atoms with Crippen LogP contribution in [0.1, 0.15) is 389 Å². The Morgan fingerprint density at radius 1 is 0.284 bits per heavy atom. The van der Waals surface area contributed by atoms with Gasteiger partial charge in [-0.3, -0.25) is 37.3 Å². The maximum absolute atomic E-state index is 13.1. The topological polar surface area (TPSA) is 237 Å². The molecular weight excluding hydrogens is 1250 g/mol. The SMILES string of the molecule is CCCCCCCCCCC(=O)OC[C@H](COP(=O)(O)OC[C@H](O)COP(=O)(O)OC[C@@H](COC(=O)CCCCCCCCCCCCCCCC(C)C)OC(=O)CCCCCCCCCCCCCCCCCCC(C)C)OC(=O)CCCCCCCCCCCC(C)C.